The van der Waals surface area contributed by atoms with Crippen molar-refractivity contribution in [3.8, 4) is 0 Å². The minimum atomic E-state index is -0.709. The molecule has 0 N–H and O–H groups in total. The molecule has 1 aromatic heterocycles. The summed E-state index contributed by atoms with van der Waals surface area (Å²) in [6.45, 7) is 10.7. The average molecular weight is 428 g/mol. The van der Waals surface area contributed by atoms with Crippen molar-refractivity contribution in [1.82, 2.24) is 14.4 Å². The van der Waals surface area contributed by atoms with Crippen LogP contribution in [0, 0.1) is 5.41 Å². The Bertz CT molecular complexity index is 631. The van der Waals surface area contributed by atoms with Gasteiger partial charge in [-0.05, 0) is 45.7 Å². The number of aromatic nitrogens is 1. The van der Waals surface area contributed by atoms with E-state index < -0.39 is 5.41 Å². The summed E-state index contributed by atoms with van der Waals surface area (Å²) in [4.78, 5) is 29.7. The number of carbonyl (C=O) groups excluding carboxylic acids is 2. The van der Waals surface area contributed by atoms with Crippen LogP contribution >= 0.6 is 11.6 Å². The van der Waals surface area contributed by atoms with Crippen molar-refractivity contribution in [2.24, 2.45) is 12.5 Å². The lowest BCUT2D eigenvalue weighted by Gasteiger charge is -2.32. The number of hydrogen-bond acceptors (Lipinski definition) is 3. The van der Waals surface area contributed by atoms with Crippen molar-refractivity contribution in [2.45, 2.75) is 53.5 Å². The Morgan fingerprint density at radius 1 is 1.17 bits per heavy atom. The molecule has 1 heterocycles. The summed E-state index contributed by atoms with van der Waals surface area (Å²) in [6.07, 6.45) is 4.61. The first-order chi connectivity index (χ1) is 13.8. The summed E-state index contributed by atoms with van der Waals surface area (Å²) in [6, 6.07) is 4.00. The third-order valence-corrected chi connectivity index (χ3v) is 5.65. The van der Waals surface area contributed by atoms with Crippen molar-refractivity contribution >= 4 is 23.4 Å². The van der Waals surface area contributed by atoms with E-state index in [2.05, 4.69) is 6.92 Å². The van der Waals surface area contributed by atoms with Gasteiger partial charge in [-0.3, -0.25) is 9.59 Å². The lowest BCUT2D eigenvalue weighted by atomic mass is 9.94. The third-order valence-electron chi connectivity index (χ3n) is 4.99. The summed E-state index contributed by atoms with van der Waals surface area (Å²) in [5.74, 6) is 0.0895. The lowest BCUT2D eigenvalue weighted by Crippen LogP contribution is -2.48. The molecule has 0 aliphatic rings. The first kappa shape index (κ1) is 25.5. The summed E-state index contributed by atoms with van der Waals surface area (Å²) in [5, 5.41) is 0. The van der Waals surface area contributed by atoms with Gasteiger partial charge < -0.3 is 19.1 Å². The van der Waals surface area contributed by atoms with Crippen molar-refractivity contribution in [3.05, 3.63) is 24.0 Å². The zero-order valence-corrected chi connectivity index (χ0v) is 19.5. The number of carbonyl (C=O) groups is 2. The van der Waals surface area contributed by atoms with E-state index in [1.165, 1.54) is 0 Å². The van der Waals surface area contributed by atoms with E-state index in [4.69, 9.17) is 16.3 Å². The average Bonchev–Trinajstić information content (AvgIpc) is 3.11. The maximum absolute atomic E-state index is 13.2. The molecule has 0 bridgehead atoms. The van der Waals surface area contributed by atoms with Gasteiger partial charge in [-0.2, -0.15) is 0 Å². The zero-order chi connectivity index (χ0) is 21.9. The summed E-state index contributed by atoms with van der Waals surface area (Å²) in [5.41, 5.74) is 0.365. The third kappa shape index (κ3) is 8.39. The molecule has 1 aromatic rings. The highest BCUT2D eigenvalue weighted by molar-refractivity contribution is 6.19. The van der Waals surface area contributed by atoms with Crippen molar-refractivity contribution in [3.63, 3.8) is 0 Å². The van der Waals surface area contributed by atoms with E-state index in [1.807, 2.05) is 55.6 Å². The molecule has 0 radical (unpaired) electrons. The van der Waals surface area contributed by atoms with Crippen LogP contribution in [-0.4, -0.2) is 64.9 Å². The van der Waals surface area contributed by atoms with Crippen LogP contribution in [0.3, 0.4) is 0 Å². The van der Waals surface area contributed by atoms with Gasteiger partial charge in [-0.1, -0.05) is 13.3 Å². The van der Waals surface area contributed by atoms with Crippen LogP contribution in [0.25, 0.3) is 0 Å². The van der Waals surface area contributed by atoms with Gasteiger partial charge in [0.2, 0.25) is 11.8 Å². The van der Waals surface area contributed by atoms with Crippen LogP contribution in [-0.2, 0) is 27.9 Å². The Hall–Kier alpha value is -1.53. The molecule has 6 nitrogen and oxygen atoms in total. The van der Waals surface area contributed by atoms with Gasteiger partial charge in [-0.25, -0.2) is 0 Å². The van der Waals surface area contributed by atoms with Crippen LogP contribution in [0.15, 0.2) is 18.3 Å². The van der Waals surface area contributed by atoms with Crippen molar-refractivity contribution < 1.29 is 14.3 Å². The van der Waals surface area contributed by atoms with Crippen LogP contribution in [0.2, 0.25) is 0 Å². The van der Waals surface area contributed by atoms with Gasteiger partial charge in [0, 0.05) is 51.1 Å². The predicted molar refractivity (Wildman–Crippen MR) is 118 cm³/mol. The molecule has 0 aliphatic heterocycles. The fraction of sp³-hybridized carbons (Fsp3) is 0.727. The van der Waals surface area contributed by atoms with Crippen molar-refractivity contribution in [1.29, 1.82) is 0 Å². The first-order valence-corrected chi connectivity index (χ1v) is 11.1. The number of rotatable bonds is 14. The Morgan fingerprint density at radius 3 is 2.41 bits per heavy atom. The minimum Gasteiger partial charge on any atom is -0.382 e. The largest absolute Gasteiger partial charge is 0.382 e. The van der Waals surface area contributed by atoms with E-state index in [0.29, 0.717) is 39.3 Å². The molecule has 0 aromatic carbocycles. The fourth-order valence-electron chi connectivity index (χ4n) is 3.00. The van der Waals surface area contributed by atoms with Gasteiger partial charge in [0.25, 0.3) is 0 Å². The summed E-state index contributed by atoms with van der Waals surface area (Å²) >= 11 is 6.03. The second-order valence-electron chi connectivity index (χ2n) is 8.07. The number of unbranched alkanes of at least 4 members (excludes halogenated alkanes) is 1. The topological polar surface area (TPSA) is 54.8 Å². The van der Waals surface area contributed by atoms with Crippen LogP contribution in [0.5, 0.6) is 0 Å². The summed E-state index contributed by atoms with van der Waals surface area (Å²) in [7, 11) is 1.98. The lowest BCUT2D eigenvalue weighted by molar-refractivity contribution is -0.146. The Morgan fingerprint density at radius 2 is 1.86 bits per heavy atom. The van der Waals surface area contributed by atoms with Crippen LogP contribution in [0.1, 0.15) is 52.7 Å². The maximum Gasteiger partial charge on any atom is 0.242 e. The van der Waals surface area contributed by atoms with Crippen molar-refractivity contribution in [2.75, 3.05) is 38.7 Å². The molecule has 0 aliphatic carbocycles. The molecule has 2 amide bonds. The van der Waals surface area contributed by atoms with Gasteiger partial charge in [0.1, 0.15) is 0 Å². The molecule has 7 heteroatoms. The van der Waals surface area contributed by atoms with E-state index >= 15 is 0 Å². The molecule has 0 atom stereocenters. The number of alkyl halides is 1. The molecule has 0 fully saturated rings. The molecular formula is C22H38ClN3O3. The number of amides is 2. The number of halogens is 1. The van der Waals surface area contributed by atoms with E-state index in [-0.39, 0.29) is 24.2 Å². The monoisotopic (exact) mass is 427 g/mol. The smallest absolute Gasteiger partial charge is 0.242 e. The number of aryl methyl sites for hydroxylation is 1. The SMILES string of the molecule is CCCCN(Cc1cccn1C)C(=O)CN(CCCOCC)C(=O)C(C)(C)CCl. The van der Waals surface area contributed by atoms with E-state index in [0.717, 1.165) is 18.5 Å². The van der Waals surface area contributed by atoms with Gasteiger partial charge in [0.15, 0.2) is 0 Å². The first-order valence-electron chi connectivity index (χ1n) is 10.6. The molecule has 0 saturated carbocycles. The van der Waals surface area contributed by atoms with Gasteiger partial charge in [-0.15, -0.1) is 11.6 Å². The predicted octanol–water partition coefficient (Wildman–Crippen LogP) is 3.67. The molecule has 0 saturated heterocycles. The zero-order valence-electron chi connectivity index (χ0n) is 18.7. The maximum atomic E-state index is 13.2. The molecular weight excluding hydrogens is 390 g/mol. The molecule has 0 unspecified atom stereocenters. The van der Waals surface area contributed by atoms with Crippen LogP contribution < -0.4 is 0 Å². The Labute approximate surface area is 181 Å². The standard InChI is InChI=1S/C22H38ClN3O3/c1-6-8-13-25(16-19-11-9-12-24(19)5)20(27)17-26(14-10-15-29-7-2)21(28)22(3,4)18-23/h9,11-12H,6-8,10,13-18H2,1-5H3. The summed E-state index contributed by atoms with van der Waals surface area (Å²) < 4.78 is 7.42. The number of hydrogen-bond donors (Lipinski definition) is 0. The normalized spacial score (nSPS) is 11.5. The minimum absolute atomic E-state index is 0.0326. The second kappa shape index (κ2) is 12.9. The van der Waals surface area contributed by atoms with E-state index in [9.17, 15) is 9.59 Å². The fourth-order valence-corrected chi connectivity index (χ4v) is 3.11. The van der Waals surface area contributed by atoms with E-state index in [1.54, 1.807) is 4.90 Å². The van der Waals surface area contributed by atoms with Gasteiger partial charge in [0.05, 0.1) is 18.5 Å². The highest BCUT2D eigenvalue weighted by Gasteiger charge is 2.32. The highest BCUT2D eigenvalue weighted by Crippen LogP contribution is 2.21. The van der Waals surface area contributed by atoms with Gasteiger partial charge >= 0.3 is 0 Å². The Balaban J connectivity index is 2.90. The molecule has 29 heavy (non-hydrogen) atoms. The van der Waals surface area contributed by atoms with Crippen LogP contribution in [0.4, 0.5) is 0 Å². The molecule has 166 valence electrons. The molecule has 1 rings (SSSR count). The quantitative estimate of drug-likeness (QED) is 0.336. The highest BCUT2D eigenvalue weighted by atomic mass is 35.5. The number of nitrogens with zero attached hydrogens (tertiary/aromatic N) is 3. The second-order valence-corrected chi connectivity index (χ2v) is 8.34. The molecule has 0 spiro atoms. The number of ether oxygens (including phenoxy) is 1. The Kier molecular flexibility index (Phi) is 11.4.